The molecule has 1 aromatic carbocycles. The molecule has 0 aliphatic rings. The molecule has 2 aromatic rings. The van der Waals surface area contributed by atoms with Crippen molar-refractivity contribution in [3.05, 3.63) is 30.6 Å². The molecule has 1 unspecified atom stereocenters. The van der Waals surface area contributed by atoms with Gasteiger partial charge >= 0.3 is 0 Å². The minimum Gasteiger partial charge on any atom is -0.385 e. The Morgan fingerprint density at radius 3 is 3.06 bits per heavy atom. The normalized spacial score (nSPS) is 13.0. The lowest BCUT2D eigenvalue weighted by Gasteiger charge is -2.15. The maximum Gasteiger partial charge on any atom is 0.0961 e. The number of nitrogens with zero attached hydrogens (tertiary/aromatic N) is 2. The Bertz CT molecular complexity index is 481. The fourth-order valence-corrected chi connectivity index (χ4v) is 2.08. The minimum atomic E-state index is 0.403. The van der Waals surface area contributed by atoms with Crippen molar-refractivity contribution in [1.29, 1.82) is 0 Å². The second kappa shape index (κ2) is 6.52. The maximum absolute atomic E-state index is 5.02. The van der Waals surface area contributed by atoms with E-state index >= 15 is 0 Å². The van der Waals surface area contributed by atoms with Crippen LogP contribution in [0, 0.1) is 0 Å². The Hall–Kier alpha value is -1.39. The van der Waals surface area contributed by atoms with E-state index in [1.807, 2.05) is 18.5 Å². The summed E-state index contributed by atoms with van der Waals surface area (Å²) in [5.74, 6) is 0. The highest BCUT2D eigenvalue weighted by atomic mass is 16.5. The number of rotatable bonds is 7. The highest BCUT2D eigenvalue weighted by Gasteiger charge is 2.07. The molecule has 0 spiro atoms. The van der Waals surface area contributed by atoms with Crippen molar-refractivity contribution in [3.63, 3.8) is 0 Å². The van der Waals surface area contributed by atoms with Crippen molar-refractivity contribution in [2.24, 2.45) is 0 Å². The predicted octanol–water partition coefficient (Wildman–Crippen LogP) is 2.22. The SMILES string of the molecule is COCCCNCC(C)n1cnc2ccccc21. The van der Waals surface area contributed by atoms with Crippen LogP contribution < -0.4 is 5.32 Å². The number of ether oxygens (including phenoxy) is 1. The molecule has 4 heteroatoms. The molecule has 0 bridgehead atoms. The van der Waals surface area contributed by atoms with Gasteiger partial charge in [-0.2, -0.15) is 0 Å². The van der Waals surface area contributed by atoms with Gasteiger partial charge in [0.1, 0.15) is 0 Å². The third kappa shape index (κ3) is 3.09. The van der Waals surface area contributed by atoms with Crippen LogP contribution in [0.15, 0.2) is 30.6 Å². The van der Waals surface area contributed by atoms with Crippen LogP contribution in [-0.2, 0) is 4.74 Å². The molecule has 2 rings (SSSR count). The van der Waals surface area contributed by atoms with Crippen LogP contribution in [0.3, 0.4) is 0 Å². The Balaban J connectivity index is 1.90. The van der Waals surface area contributed by atoms with Crippen molar-refractivity contribution < 1.29 is 4.74 Å². The molecule has 0 aliphatic carbocycles. The number of imidazole rings is 1. The van der Waals surface area contributed by atoms with Gasteiger partial charge in [0, 0.05) is 26.3 Å². The molecule has 1 heterocycles. The van der Waals surface area contributed by atoms with E-state index in [4.69, 9.17) is 4.74 Å². The molecule has 1 N–H and O–H groups in total. The van der Waals surface area contributed by atoms with Gasteiger partial charge in [0.2, 0.25) is 0 Å². The van der Waals surface area contributed by atoms with Crippen molar-refractivity contribution in [2.45, 2.75) is 19.4 Å². The number of para-hydroxylation sites is 2. The Morgan fingerprint density at radius 1 is 1.39 bits per heavy atom. The summed E-state index contributed by atoms with van der Waals surface area (Å²) in [4.78, 5) is 4.41. The second-order valence-corrected chi connectivity index (χ2v) is 4.54. The highest BCUT2D eigenvalue weighted by Crippen LogP contribution is 2.16. The summed E-state index contributed by atoms with van der Waals surface area (Å²) >= 11 is 0. The summed E-state index contributed by atoms with van der Waals surface area (Å²) in [5, 5.41) is 3.44. The fraction of sp³-hybridized carbons (Fsp3) is 0.500. The maximum atomic E-state index is 5.02. The van der Waals surface area contributed by atoms with Crippen LogP contribution in [-0.4, -0.2) is 36.4 Å². The van der Waals surface area contributed by atoms with Gasteiger partial charge in [-0.05, 0) is 32.0 Å². The molecule has 0 amide bonds. The monoisotopic (exact) mass is 247 g/mol. The Labute approximate surface area is 108 Å². The van der Waals surface area contributed by atoms with E-state index in [1.54, 1.807) is 7.11 Å². The van der Waals surface area contributed by atoms with Gasteiger partial charge in [-0.1, -0.05) is 12.1 Å². The van der Waals surface area contributed by atoms with Gasteiger partial charge in [0.15, 0.2) is 0 Å². The van der Waals surface area contributed by atoms with Crippen molar-refractivity contribution in [2.75, 3.05) is 26.8 Å². The quantitative estimate of drug-likeness (QED) is 0.763. The van der Waals surface area contributed by atoms with Crippen LogP contribution in [0.4, 0.5) is 0 Å². The van der Waals surface area contributed by atoms with E-state index in [2.05, 4.69) is 33.9 Å². The van der Waals surface area contributed by atoms with E-state index in [9.17, 15) is 0 Å². The number of hydrogen-bond acceptors (Lipinski definition) is 3. The lowest BCUT2D eigenvalue weighted by molar-refractivity contribution is 0.194. The molecule has 98 valence electrons. The molecule has 1 atom stereocenters. The van der Waals surface area contributed by atoms with Crippen LogP contribution in [0.25, 0.3) is 11.0 Å². The Kier molecular flexibility index (Phi) is 4.73. The first-order valence-electron chi connectivity index (χ1n) is 6.44. The summed E-state index contributed by atoms with van der Waals surface area (Å²) in [6, 6.07) is 8.64. The lowest BCUT2D eigenvalue weighted by atomic mass is 10.2. The molecule has 0 fully saturated rings. The van der Waals surface area contributed by atoms with Crippen LogP contribution in [0.5, 0.6) is 0 Å². The number of fused-ring (bicyclic) bond motifs is 1. The summed E-state index contributed by atoms with van der Waals surface area (Å²) in [5.41, 5.74) is 2.26. The average Bonchev–Trinajstić information content (AvgIpc) is 2.82. The van der Waals surface area contributed by atoms with Crippen LogP contribution in [0.2, 0.25) is 0 Å². The number of methoxy groups -OCH3 is 1. The molecule has 18 heavy (non-hydrogen) atoms. The van der Waals surface area contributed by atoms with E-state index in [-0.39, 0.29) is 0 Å². The largest absolute Gasteiger partial charge is 0.385 e. The third-order valence-corrected chi connectivity index (χ3v) is 3.10. The summed E-state index contributed by atoms with van der Waals surface area (Å²) in [7, 11) is 1.74. The summed E-state index contributed by atoms with van der Waals surface area (Å²) < 4.78 is 7.24. The van der Waals surface area contributed by atoms with E-state index < -0.39 is 0 Å². The molecule has 0 aliphatic heterocycles. The van der Waals surface area contributed by atoms with E-state index in [0.717, 1.165) is 31.6 Å². The zero-order valence-electron chi connectivity index (χ0n) is 11.1. The standard InChI is InChI=1S/C14H21N3O/c1-12(10-15-8-5-9-18-2)17-11-16-13-6-3-4-7-14(13)17/h3-4,6-7,11-12,15H,5,8-10H2,1-2H3. The smallest absolute Gasteiger partial charge is 0.0961 e. The third-order valence-electron chi connectivity index (χ3n) is 3.10. The van der Waals surface area contributed by atoms with Gasteiger partial charge in [-0.25, -0.2) is 4.98 Å². The van der Waals surface area contributed by atoms with Gasteiger partial charge in [-0.3, -0.25) is 0 Å². The molecule has 4 nitrogen and oxygen atoms in total. The average molecular weight is 247 g/mol. The zero-order valence-corrected chi connectivity index (χ0v) is 11.1. The van der Waals surface area contributed by atoms with Crippen molar-refractivity contribution >= 4 is 11.0 Å². The van der Waals surface area contributed by atoms with Gasteiger partial charge < -0.3 is 14.6 Å². The molecule has 0 radical (unpaired) electrons. The first kappa shape index (κ1) is 13.1. The highest BCUT2D eigenvalue weighted by molar-refractivity contribution is 5.75. The molecule has 1 aromatic heterocycles. The zero-order chi connectivity index (χ0) is 12.8. The molecule has 0 saturated carbocycles. The summed E-state index contributed by atoms with van der Waals surface area (Å²) in [6.07, 6.45) is 2.97. The molecular weight excluding hydrogens is 226 g/mol. The van der Waals surface area contributed by atoms with Gasteiger partial charge in [-0.15, -0.1) is 0 Å². The topological polar surface area (TPSA) is 39.1 Å². The number of aromatic nitrogens is 2. The minimum absolute atomic E-state index is 0.403. The number of nitrogens with one attached hydrogen (secondary N) is 1. The van der Waals surface area contributed by atoms with Crippen LogP contribution in [0.1, 0.15) is 19.4 Å². The number of hydrogen-bond donors (Lipinski definition) is 1. The summed E-state index contributed by atoms with van der Waals surface area (Å²) in [6.45, 7) is 4.96. The van der Waals surface area contributed by atoms with E-state index in [1.165, 1.54) is 5.52 Å². The van der Waals surface area contributed by atoms with Gasteiger partial charge in [0.05, 0.1) is 17.4 Å². The molecule has 0 saturated heterocycles. The van der Waals surface area contributed by atoms with Crippen molar-refractivity contribution in [3.8, 4) is 0 Å². The van der Waals surface area contributed by atoms with E-state index in [0.29, 0.717) is 6.04 Å². The first-order valence-corrected chi connectivity index (χ1v) is 6.44. The first-order chi connectivity index (χ1) is 8.83. The van der Waals surface area contributed by atoms with Crippen molar-refractivity contribution in [1.82, 2.24) is 14.9 Å². The second-order valence-electron chi connectivity index (χ2n) is 4.54. The van der Waals surface area contributed by atoms with Gasteiger partial charge in [0.25, 0.3) is 0 Å². The predicted molar refractivity (Wildman–Crippen MR) is 73.8 cm³/mol. The van der Waals surface area contributed by atoms with Crippen LogP contribution >= 0.6 is 0 Å². The lowest BCUT2D eigenvalue weighted by Crippen LogP contribution is -2.24. The fourth-order valence-electron chi connectivity index (χ4n) is 2.08. The molecular formula is C14H21N3O. The Morgan fingerprint density at radius 2 is 2.22 bits per heavy atom. The number of benzene rings is 1.